The van der Waals surface area contributed by atoms with Crippen molar-refractivity contribution in [2.24, 2.45) is 5.73 Å². The quantitative estimate of drug-likeness (QED) is 0.705. The summed E-state index contributed by atoms with van der Waals surface area (Å²) in [4.78, 5) is 0. The number of phenolic OH excluding ortho intramolecular Hbond substituents is 1. The Kier molecular flexibility index (Phi) is 2.60. The molecule has 0 aliphatic heterocycles. The van der Waals surface area contributed by atoms with Gasteiger partial charge in [0.2, 0.25) is 5.82 Å². The minimum atomic E-state index is -1.21. The van der Waals surface area contributed by atoms with Crippen LogP contribution in [-0.2, 0) is 6.42 Å². The summed E-state index contributed by atoms with van der Waals surface area (Å²) in [5.41, 5.74) is 5.35. The third-order valence-electron chi connectivity index (χ3n) is 1.56. The van der Waals surface area contributed by atoms with Gasteiger partial charge >= 0.3 is 0 Å². The Morgan fingerprint density at radius 2 is 1.92 bits per heavy atom. The van der Waals surface area contributed by atoms with Crippen molar-refractivity contribution in [2.75, 3.05) is 6.54 Å². The molecule has 0 aromatic heterocycles. The number of aromatic hydroxyl groups is 1. The van der Waals surface area contributed by atoms with Crippen molar-refractivity contribution >= 4 is 0 Å². The molecule has 2 nitrogen and oxygen atoms in total. The van der Waals surface area contributed by atoms with Crippen LogP contribution in [0.2, 0.25) is 0 Å². The monoisotopic (exact) mass is 173 g/mol. The molecule has 0 saturated heterocycles. The summed E-state index contributed by atoms with van der Waals surface area (Å²) in [7, 11) is 0. The average molecular weight is 173 g/mol. The molecule has 1 aromatic carbocycles. The zero-order valence-corrected chi connectivity index (χ0v) is 6.35. The second-order valence-corrected chi connectivity index (χ2v) is 2.41. The Hall–Kier alpha value is -1.16. The van der Waals surface area contributed by atoms with E-state index in [1.54, 1.807) is 0 Å². The van der Waals surface area contributed by atoms with Gasteiger partial charge in [0.05, 0.1) is 0 Å². The summed E-state index contributed by atoms with van der Waals surface area (Å²) in [5.74, 6) is -2.89. The predicted molar refractivity (Wildman–Crippen MR) is 40.8 cm³/mol. The molecule has 0 heterocycles. The first-order chi connectivity index (χ1) is 5.66. The van der Waals surface area contributed by atoms with Gasteiger partial charge < -0.3 is 10.8 Å². The smallest absolute Gasteiger partial charge is 0.200 e. The van der Waals surface area contributed by atoms with Crippen molar-refractivity contribution in [1.29, 1.82) is 0 Å². The maximum absolute atomic E-state index is 12.9. The van der Waals surface area contributed by atoms with Crippen LogP contribution in [0, 0.1) is 11.6 Å². The van der Waals surface area contributed by atoms with E-state index in [1.165, 1.54) is 6.07 Å². The highest BCUT2D eigenvalue weighted by molar-refractivity contribution is 5.29. The van der Waals surface area contributed by atoms with Crippen molar-refractivity contribution in [3.8, 4) is 5.75 Å². The lowest BCUT2D eigenvalue weighted by Crippen LogP contribution is -2.05. The lowest BCUT2D eigenvalue weighted by molar-refractivity contribution is 0.404. The minimum Gasteiger partial charge on any atom is -0.505 e. The summed E-state index contributed by atoms with van der Waals surface area (Å²) in [6, 6.07) is 2.43. The van der Waals surface area contributed by atoms with E-state index in [-0.39, 0.29) is 18.5 Å². The van der Waals surface area contributed by atoms with E-state index in [1.807, 2.05) is 0 Å². The van der Waals surface area contributed by atoms with Crippen molar-refractivity contribution in [2.45, 2.75) is 6.42 Å². The first kappa shape index (κ1) is 8.93. The van der Waals surface area contributed by atoms with Crippen LogP contribution in [0.1, 0.15) is 5.56 Å². The molecule has 0 spiro atoms. The van der Waals surface area contributed by atoms with Crippen LogP contribution in [0.4, 0.5) is 8.78 Å². The van der Waals surface area contributed by atoms with Crippen LogP contribution < -0.4 is 5.73 Å². The van der Waals surface area contributed by atoms with E-state index >= 15 is 0 Å². The molecule has 0 atom stereocenters. The minimum absolute atomic E-state index is 0.188. The number of nitrogens with two attached hydrogens (primary N) is 1. The molecule has 66 valence electrons. The lowest BCUT2D eigenvalue weighted by Gasteiger charge is -2.02. The molecule has 12 heavy (non-hydrogen) atoms. The summed E-state index contributed by atoms with van der Waals surface area (Å²) < 4.78 is 25.5. The zero-order chi connectivity index (χ0) is 9.14. The number of hydrogen-bond acceptors (Lipinski definition) is 2. The fraction of sp³-hybridized carbons (Fsp3) is 0.250. The van der Waals surface area contributed by atoms with Crippen molar-refractivity contribution in [3.05, 3.63) is 29.3 Å². The highest BCUT2D eigenvalue weighted by Crippen LogP contribution is 2.20. The fourth-order valence-electron chi connectivity index (χ4n) is 0.928. The first-order valence-electron chi connectivity index (χ1n) is 3.52. The molecular weight excluding hydrogens is 164 g/mol. The molecule has 1 rings (SSSR count). The van der Waals surface area contributed by atoms with Gasteiger partial charge in [0.1, 0.15) is 0 Å². The van der Waals surface area contributed by atoms with Crippen LogP contribution in [-0.4, -0.2) is 11.7 Å². The van der Waals surface area contributed by atoms with Crippen molar-refractivity contribution in [1.82, 2.24) is 0 Å². The molecule has 0 unspecified atom stereocenters. The molecule has 4 heteroatoms. The highest BCUT2D eigenvalue weighted by Gasteiger charge is 2.11. The number of halogens is 2. The SMILES string of the molecule is NCCc1ccc(O)c(F)c1F. The number of rotatable bonds is 2. The molecule has 0 fully saturated rings. The molecule has 0 bridgehead atoms. The maximum Gasteiger partial charge on any atom is 0.200 e. The summed E-state index contributed by atoms with van der Waals surface area (Å²) in [6.07, 6.45) is 0.267. The van der Waals surface area contributed by atoms with Gasteiger partial charge in [0.25, 0.3) is 0 Å². The van der Waals surface area contributed by atoms with Crippen LogP contribution in [0.3, 0.4) is 0 Å². The van der Waals surface area contributed by atoms with Crippen molar-refractivity contribution < 1.29 is 13.9 Å². The van der Waals surface area contributed by atoms with Gasteiger partial charge in [-0.3, -0.25) is 0 Å². The summed E-state index contributed by atoms with van der Waals surface area (Å²) in [6.45, 7) is 0.251. The fourth-order valence-corrected chi connectivity index (χ4v) is 0.928. The number of hydrogen-bond donors (Lipinski definition) is 2. The second-order valence-electron chi connectivity index (χ2n) is 2.41. The summed E-state index contributed by atoms with van der Waals surface area (Å²) >= 11 is 0. The molecular formula is C8H9F2NO. The predicted octanol–water partition coefficient (Wildman–Crippen LogP) is 1.17. The van der Waals surface area contributed by atoms with E-state index in [9.17, 15) is 8.78 Å². The van der Waals surface area contributed by atoms with Crippen LogP contribution in [0.25, 0.3) is 0 Å². The Balaban J connectivity index is 3.08. The molecule has 1 aromatic rings. The highest BCUT2D eigenvalue weighted by atomic mass is 19.2. The normalized spacial score (nSPS) is 10.2. The third kappa shape index (κ3) is 1.53. The molecule has 0 saturated carbocycles. The lowest BCUT2D eigenvalue weighted by atomic mass is 10.1. The van der Waals surface area contributed by atoms with Crippen LogP contribution in [0.5, 0.6) is 5.75 Å². The molecule has 3 N–H and O–H groups in total. The van der Waals surface area contributed by atoms with E-state index in [4.69, 9.17) is 10.8 Å². The molecule has 0 amide bonds. The van der Waals surface area contributed by atoms with Crippen LogP contribution >= 0.6 is 0 Å². The van der Waals surface area contributed by atoms with Gasteiger partial charge in [-0.05, 0) is 24.6 Å². The topological polar surface area (TPSA) is 46.2 Å². The van der Waals surface area contributed by atoms with Gasteiger partial charge in [-0.15, -0.1) is 0 Å². The number of benzene rings is 1. The molecule has 0 aliphatic carbocycles. The summed E-state index contributed by atoms with van der Waals surface area (Å²) in [5, 5.41) is 8.75. The number of phenols is 1. The van der Waals surface area contributed by atoms with Gasteiger partial charge in [-0.1, -0.05) is 6.07 Å². The Bertz CT molecular complexity index is 289. The molecule has 0 radical (unpaired) electrons. The van der Waals surface area contributed by atoms with Gasteiger partial charge in [0.15, 0.2) is 11.6 Å². The third-order valence-corrected chi connectivity index (χ3v) is 1.56. The average Bonchev–Trinajstić information content (AvgIpc) is 2.07. The Labute approximate surface area is 68.6 Å². The Morgan fingerprint density at radius 3 is 2.50 bits per heavy atom. The van der Waals surface area contributed by atoms with Crippen molar-refractivity contribution in [3.63, 3.8) is 0 Å². The first-order valence-corrected chi connectivity index (χ1v) is 3.52. The van der Waals surface area contributed by atoms with Gasteiger partial charge in [0, 0.05) is 0 Å². The van der Waals surface area contributed by atoms with E-state index < -0.39 is 17.4 Å². The molecule has 0 aliphatic rings. The maximum atomic E-state index is 12.9. The van der Waals surface area contributed by atoms with Crippen LogP contribution in [0.15, 0.2) is 12.1 Å². The van der Waals surface area contributed by atoms with Gasteiger partial charge in [-0.2, -0.15) is 4.39 Å². The van der Waals surface area contributed by atoms with E-state index in [0.29, 0.717) is 0 Å². The van der Waals surface area contributed by atoms with E-state index in [2.05, 4.69) is 0 Å². The standard InChI is InChI=1S/C8H9F2NO/c9-7-5(3-4-11)1-2-6(12)8(7)10/h1-2,12H,3-4,11H2. The van der Waals surface area contributed by atoms with E-state index in [0.717, 1.165) is 6.07 Å². The largest absolute Gasteiger partial charge is 0.505 e. The second kappa shape index (κ2) is 3.49. The Morgan fingerprint density at radius 1 is 1.25 bits per heavy atom. The van der Waals surface area contributed by atoms with Gasteiger partial charge in [-0.25, -0.2) is 4.39 Å². The zero-order valence-electron chi connectivity index (χ0n) is 6.35.